The average molecular weight is 558 g/mol. The number of nitrogens with one attached hydrogen (secondary N) is 1. The number of benzene rings is 3. The summed E-state index contributed by atoms with van der Waals surface area (Å²) >= 11 is 9.86. The van der Waals surface area contributed by atoms with E-state index in [2.05, 4.69) is 21.2 Å². The lowest BCUT2D eigenvalue weighted by Gasteiger charge is -2.24. The maximum Gasteiger partial charge on any atom is 0.252 e. The van der Waals surface area contributed by atoms with Gasteiger partial charge in [0.25, 0.3) is 5.91 Å². The van der Waals surface area contributed by atoms with E-state index in [0.717, 1.165) is 21.2 Å². The van der Waals surface area contributed by atoms with Gasteiger partial charge in [0.2, 0.25) is 5.90 Å². The molecule has 0 saturated carbocycles. The van der Waals surface area contributed by atoms with Crippen molar-refractivity contribution in [3.63, 3.8) is 0 Å². The summed E-state index contributed by atoms with van der Waals surface area (Å²) in [6, 6.07) is 22.6. The molecule has 1 heterocycles. The number of ether oxygens (including phenoxy) is 2. The van der Waals surface area contributed by atoms with Gasteiger partial charge in [-0.25, -0.2) is 4.99 Å². The van der Waals surface area contributed by atoms with Crippen LogP contribution in [0.1, 0.15) is 23.1 Å². The highest BCUT2D eigenvalue weighted by Crippen LogP contribution is 2.30. The molecule has 0 bridgehead atoms. The maximum absolute atomic E-state index is 13.5. The maximum atomic E-state index is 13.5. The number of aliphatic hydroxyl groups excluding tert-OH is 1. The molecule has 0 aromatic heterocycles. The minimum absolute atomic E-state index is 0.0842. The van der Waals surface area contributed by atoms with Crippen molar-refractivity contribution in [2.75, 3.05) is 19.8 Å². The minimum Gasteiger partial charge on any atom is -0.494 e. The number of carbonyl (C=O) groups is 1. The zero-order valence-corrected chi connectivity index (χ0v) is 21.4. The van der Waals surface area contributed by atoms with Crippen molar-refractivity contribution in [3.8, 4) is 5.75 Å². The monoisotopic (exact) mass is 556 g/mol. The fourth-order valence-corrected chi connectivity index (χ4v) is 4.40. The van der Waals surface area contributed by atoms with Gasteiger partial charge in [0.05, 0.1) is 6.61 Å². The minimum atomic E-state index is -1.13. The number of aliphatic hydroxyl groups is 1. The third kappa shape index (κ3) is 6.23. The Morgan fingerprint density at radius 3 is 2.51 bits per heavy atom. The first kappa shape index (κ1) is 25.2. The van der Waals surface area contributed by atoms with Crippen molar-refractivity contribution in [2.24, 2.45) is 4.99 Å². The van der Waals surface area contributed by atoms with Crippen LogP contribution in [0, 0.1) is 0 Å². The summed E-state index contributed by atoms with van der Waals surface area (Å²) in [4.78, 5) is 18.4. The molecule has 4 rings (SSSR count). The SMILES string of the molecule is O=C(NCc1ccccc1Cl)[C@@]1(Cc2ccccc2Br)COC(c2ccc(OCCCO)cc2)=N1. The van der Waals surface area contributed by atoms with Crippen LogP contribution in [-0.4, -0.2) is 42.3 Å². The van der Waals surface area contributed by atoms with Gasteiger partial charge in [0, 0.05) is 41.1 Å². The van der Waals surface area contributed by atoms with Gasteiger partial charge in [0.15, 0.2) is 5.54 Å². The summed E-state index contributed by atoms with van der Waals surface area (Å²) in [6.45, 7) is 0.933. The predicted molar refractivity (Wildman–Crippen MR) is 140 cm³/mol. The lowest BCUT2D eigenvalue weighted by Crippen LogP contribution is -2.48. The molecule has 8 heteroatoms. The Morgan fingerprint density at radius 1 is 1.09 bits per heavy atom. The van der Waals surface area contributed by atoms with Crippen molar-refractivity contribution in [3.05, 3.63) is 99.0 Å². The number of hydrogen-bond donors (Lipinski definition) is 2. The number of carbonyl (C=O) groups excluding carboxylic acids is 1. The Kier molecular flexibility index (Phi) is 8.44. The van der Waals surface area contributed by atoms with Crippen molar-refractivity contribution in [2.45, 2.75) is 24.9 Å². The normalized spacial score (nSPS) is 16.9. The van der Waals surface area contributed by atoms with Crippen molar-refractivity contribution in [1.82, 2.24) is 5.32 Å². The van der Waals surface area contributed by atoms with Crippen molar-refractivity contribution < 1.29 is 19.4 Å². The zero-order valence-electron chi connectivity index (χ0n) is 19.0. The number of rotatable bonds is 10. The summed E-state index contributed by atoms with van der Waals surface area (Å²) in [7, 11) is 0. The molecule has 35 heavy (non-hydrogen) atoms. The zero-order chi connectivity index (χ0) is 24.7. The van der Waals surface area contributed by atoms with E-state index in [1.54, 1.807) is 6.07 Å². The average Bonchev–Trinajstić information content (AvgIpc) is 3.31. The standard InChI is InChI=1S/C27H26BrClN2O4/c28-23-8-3-1-6-20(23)16-27(26(33)30-17-21-7-2-4-9-24(21)29)18-35-25(31-27)19-10-12-22(13-11-19)34-15-5-14-32/h1-4,6-13,32H,5,14-18H2,(H,30,33)/t27-/m1/s1. The molecule has 0 saturated heterocycles. The van der Waals surface area contributed by atoms with E-state index < -0.39 is 5.54 Å². The molecule has 0 unspecified atom stereocenters. The third-order valence-electron chi connectivity index (χ3n) is 5.70. The molecular formula is C27H26BrClN2O4. The number of hydrogen-bond acceptors (Lipinski definition) is 5. The Balaban J connectivity index is 1.58. The Hall–Kier alpha value is -2.87. The second-order valence-electron chi connectivity index (χ2n) is 8.23. The molecule has 1 aliphatic rings. The van der Waals surface area contributed by atoms with Crippen molar-refractivity contribution in [1.29, 1.82) is 0 Å². The van der Waals surface area contributed by atoms with Crippen LogP contribution in [0.4, 0.5) is 0 Å². The molecular weight excluding hydrogens is 532 g/mol. The Labute approximate surface area is 218 Å². The summed E-state index contributed by atoms with van der Waals surface area (Å²) in [5.74, 6) is 0.872. The molecule has 0 aliphatic carbocycles. The number of nitrogens with zero attached hydrogens (tertiary/aromatic N) is 1. The molecule has 3 aromatic rings. The van der Waals surface area contributed by atoms with Crippen LogP contribution in [-0.2, 0) is 22.5 Å². The summed E-state index contributed by atoms with van der Waals surface area (Å²) in [6.07, 6.45) is 0.938. The largest absolute Gasteiger partial charge is 0.494 e. The van der Waals surface area contributed by atoms with Crippen LogP contribution < -0.4 is 10.1 Å². The summed E-state index contributed by atoms with van der Waals surface area (Å²) in [5, 5.41) is 12.5. The molecule has 0 fully saturated rings. The van der Waals surface area contributed by atoms with E-state index in [-0.39, 0.29) is 19.1 Å². The molecule has 3 aromatic carbocycles. The van der Waals surface area contributed by atoms with Gasteiger partial charge in [-0.05, 0) is 47.5 Å². The molecule has 2 N–H and O–H groups in total. The Bertz CT molecular complexity index is 1200. The van der Waals surface area contributed by atoms with Gasteiger partial charge in [0.1, 0.15) is 12.4 Å². The van der Waals surface area contributed by atoms with Gasteiger partial charge >= 0.3 is 0 Å². The fourth-order valence-electron chi connectivity index (χ4n) is 3.77. The van der Waals surface area contributed by atoms with Gasteiger partial charge in [-0.3, -0.25) is 4.79 Å². The van der Waals surface area contributed by atoms with Crippen LogP contribution in [0.2, 0.25) is 5.02 Å². The highest BCUT2D eigenvalue weighted by molar-refractivity contribution is 9.10. The predicted octanol–water partition coefficient (Wildman–Crippen LogP) is 4.94. The number of halogens is 2. The molecule has 0 radical (unpaired) electrons. The first-order valence-corrected chi connectivity index (χ1v) is 12.5. The van der Waals surface area contributed by atoms with Crippen molar-refractivity contribution >= 4 is 39.3 Å². The Morgan fingerprint density at radius 2 is 1.80 bits per heavy atom. The molecule has 0 spiro atoms. The molecule has 1 atom stereocenters. The number of aliphatic imine (C=N–C) groups is 1. The molecule has 1 amide bonds. The molecule has 182 valence electrons. The van der Waals surface area contributed by atoms with E-state index in [9.17, 15) is 4.79 Å². The van der Waals surface area contributed by atoms with Crippen LogP contribution in [0.3, 0.4) is 0 Å². The van der Waals surface area contributed by atoms with E-state index >= 15 is 0 Å². The third-order valence-corrected chi connectivity index (χ3v) is 6.84. The second kappa shape index (κ2) is 11.7. The van der Waals surface area contributed by atoms with Crippen LogP contribution in [0.15, 0.2) is 82.3 Å². The van der Waals surface area contributed by atoms with Gasteiger partial charge < -0.3 is 19.9 Å². The summed E-state index contributed by atoms with van der Waals surface area (Å²) < 4.78 is 12.5. The smallest absolute Gasteiger partial charge is 0.252 e. The van der Waals surface area contributed by atoms with E-state index in [0.29, 0.717) is 42.7 Å². The molecule has 6 nitrogen and oxygen atoms in total. The number of amides is 1. The fraction of sp³-hybridized carbons (Fsp3) is 0.259. The molecule has 1 aliphatic heterocycles. The van der Waals surface area contributed by atoms with Crippen LogP contribution in [0.25, 0.3) is 0 Å². The first-order valence-electron chi connectivity index (χ1n) is 11.3. The van der Waals surface area contributed by atoms with Crippen LogP contribution >= 0.6 is 27.5 Å². The summed E-state index contributed by atoms with van der Waals surface area (Å²) in [5.41, 5.74) is 1.42. The lowest BCUT2D eigenvalue weighted by molar-refractivity contribution is -0.126. The quantitative estimate of drug-likeness (QED) is 0.346. The first-order chi connectivity index (χ1) is 17.0. The lowest BCUT2D eigenvalue weighted by atomic mass is 9.91. The van der Waals surface area contributed by atoms with E-state index in [4.69, 9.17) is 31.2 Å². The van der Waals surface area contributed by atoms with E-state index in [1.807, 2.05) is 66.7 Å². The highest BCUT2D eigenvalue weighted by Gasteiger charge is 2.44. The van der Waals surface area contributed by atoms with Gasteiger partial charge in [-0.15, -0.1) is 0 Å². The van der Waals surface area contributed by atoms with Gasteiger partial charge in [-0.2, -0.15) is 0 Å². The van der Waals surface area contributed by atoms with Gasteiger partial charge in [-0.1, -0.05) is 63.9 Å². The second-order valence-corrected chi connectivity index (χ2v) is 9.49. The topological polar surface area (TPSA) is 80.2 Å². The van der Waals surface area contributed by atoms with E-state index in [1.165, 1.54) is 0 Å². The highest BCUT2D eigenvalue weighted by atomic mass is 79.9. The van der Waals surface area contributed by atoms with Crippen LogP contribution in [0.5, 0.6) is 5.75 Å².